The molecule has 1 aromatic rings. The molecule has 2 N–H and O–H groups in total. The molecule has 1 rings (SSSR count). The average Bonchev–Trinajstić information content (AvgIpc) is 2.35. The number of nitro benzene ring substituents is 1. The van der Waals surface area contributed by atoms with E-state index in [-0.39, 0.29) is 22.8 Å². The Morgan fingerprint density at radius 2 is 2.17 bits per heavy atom. The number of nitrogens with zero attached hydrogens (tertiary/aromatic N) is 2. The van der Waals surface area contributed by atoms with Gasteiger partial charge in [0.25, 0.3) is 11.6 Å². The zero-order chi connectivity index (χ0) is 13.7. The Bertz CT molecular complexity index is 460. The highest BCUT2D eigenvalue weighted by Crippen LogP contribution is 2.20. The van der Waals surface area contributed by atoms with Gasteiger partial charge in [0.1, 0.15) is 0 Å². The van der Waals surface area contributed by atoms with Gasteiger partial charge >= 0.3 is 0 Å². The number of hydrogen-bond donors (Lipinski definition) is 1. The topological polar surface area (TPSA) is 89.5 Å². The fourth-order valence-corrected chi connectivity index (χ4v) is 1.55. The van der Waals surface area contributed by atoms with Crippen molar-refractivity contribution in [3.05, 3.63) is 33.9 Å². The number of carbonyl (C=O) groups excluding carboxylic acids is 1. The Hall–Kier alpha value is -2.11. The minimum Gasteiger partial charge on any atom is -0.398 e. The number of unbranched alkanes of at least 4 members (excludes halogenated alkanes) is 1. The SMILES string of the molecule is CCCCN(C)C(=O)c1cc([N+](=O)[O-])ccc1N. The molecule has 1 amide bonds. The van der Waals surface area contributed by atoms with Gasteiger partial charge in [-0.2, -0.15) is 0 Å². The third-order valence-corrected chi connectivity index (χ3v) is 2.67. The third-order valence-electron chi connectivity index (χ3n) is 2.67. The number of benzene rings is 1. The normalized spacial score (nSPS) is 10.1. The minimum absolute atomic E-state index is 0.128. The average molecular weight is 251 g/mol. The number of nitro groups is 1. The summed E-state index contributed by atoms with van der Waals surface area (Å²) >= 11 is 0. The first-order chi connectivity index (χ1) is 8.47. The number of rotatable bonds is 5. The minimum atomic E-state index is -0.539. The van der Waals surface area contributed by atoms with Gasteiger partial charge in [-0.1, -0.05) is 13.3 Å². The first kappa shape index (κ1) is 14.0. The number of hydrogen-bond acceptors (Lipinski definition) is 4. The molecule has 0 aliphatic heterocycles. The van der Waals surface area contributed by atoms with Crippen molar-refractivity contribution in [2.24, 2.45) is 0 Å². The van der Waals surface area contributed by atoms with Gasteiger partial charge < -0.3 is 10.6 Å². The van der Waals surface area contributed by atoms with Gasteiger partial charge in [0.15, 0.2) is 0 Å². The molecule has 98 valence electrons. The maximum Gasteiger partial charge on any atom is 0.270 e. The van der Waals surface area contributed by atoms with Gasteiger partial charge in [-0.15, -0.1) is 0 Å². The van der Waals surface area contributed by atoms with E-state index < -0.39 is 4.92 Å². The molecule has 0 unspecified atom stereocenters. The Balaban J connectivity index is 2.97. The van der Waals surface area contributed by atoms with Crippen LogP contribution in [0.3, 0.4) is 0 Å². The summed E-state index contributed by atoms with van der Waals surface area (Å²) in [5.74, 6) is -0.287. The lowest BCUT2D eigenvalue weighted by Crippen LogP contribution is -2.28. The molecule has 1 aromatic carbocycles. The highest BCUT2D eigenvalue weighted by Gasteiger charge is 2.18. The highest BCUT2D eigenvalue weighted by molar-refractivity contribution is 5.99. The van der Waals surface area contributed by atoms with Crippen LogP contribution in [-0.2, 0) is 0 Å². The van der Waals surface area contributed by atoms with Crippen molar-refractivity contribution < 1.29 is 9.72 Å². The van der Waals surface area contributed by atoms with E-state index >= 15 is 0 Å². The van der Waals surface area contributed by atoms with Gasteiger partial charge in [-0.25, -0.2) is 0 Å². The summed E-state index contributed by atoms with van der Waals surface area (Å²) in [6, 6.07) is 3.90. The molecule has 0 fully saturated rings. The second kappa shape index (κ2) is 6.00. The Labute approximate surface area is 106 Å². The monoisotopic (exact) mass is 251 g/mol. The van der Waals surface area contributed by atoms with Crippen molar-refractivity contribution in [2.45, 2.75) is 19.8 Å². The highest BCUT2D eigenvalue weighted by atomic mass is 16.6. The van der Waals surface area contributed by atoms with Crippen molar-refractivity contribution >= 4 is 17.3 Å². The second-order valence-electron chi connectivity index (χ2n) is 4.11. The standard InChI is InChI=1S/C12H17N3O3/c1-3-4-7-14(2)12(16)10-8-9(15(17)18)5-6-11(10)13/h5-6,8H,3-4,7,13H2,1-2H3. The van der Waals surface area contributed by atoms with E-state index in [0.29, 0.717) is 6.54 Å². The van der Waals surface area contributed by atoms with Gasteiger partial charge in [0.2, 0.25) is 0 Å². The Kier molecular flexibility index (Phi) is 4.65. The van der Waals surface area contributed by atoms with E-state index in [1.54, 1.807) is 7.05 Å². The van der Waals surface area contributed by atoms with Gasteiger partial charge in [0.05, 0.1) is 10.5 Å². The molecule has 0 radical (unpaired) electrons. The van der Waals surface area contributed by atoms with E-state index in [4.69, 9.17) is 5.73 Å². The van der Waals surface area contributed by atoms with E-state index in [1.165, 1.54) is 23.1 Å². The molecule has 0 bridgehead atoms. The molecule has 0 heterocycles. The van der Waals surface area contributed by atoms with Crippen molar-refractivity contribution in [1.82, 2.24) is 4.90 Å². The van der Waals surface area contributed by atoms with Gasteiger partial charge in [-0.05, 0) is 12.5 Å². The van der Waals surface area contributed by atoms with Crippen LogP contribution in [0.4, 0.5) is 11.4 Å². The van der Waals surface area contributed by atoms with Gasteiger partial charge in [-0.3, -0.25) is 14.9 Å². The summed E-state index contributed by atoms with van der Waals surface area (Å²) < 4.78 is 0. The molecule has 0 aliphatic rings. The molecule has 6 heteroatoms. The molecular weight excluding hydrogens is 234 g/mol. The van der Waals surface area contributed by atoms with Crippen LogP contribution in [0.5, 0.6) is 0 Å². The number of nitrogen functional groups attached to an aromatic ring is 1. The van der Waals surface area contributed by atoms with E-state index in [2.05, 4.69) is 0 Å². The fourth-order valence-electron chi connectivity index (χ4n) is 1.55. The lowest BCUT2D eigenvalue weighted by Gasteiger charge is -2.17. The van der Waals surface area contributed by atoms with Crippen LogP contribution < -0.4 is 5.73 Å². The first-order valence-corrected chi connectivity index (χ1v) is 5.76. The predicted molar refractivity (Wildman–Crippen MR) is 69.4 cm³/mol. The third kappa shape index (κ3) is 3.19. The molecule has 6 nitrogen and oxygen atoms in total. The van der Waals surface area contributed by atoms with Crippen LogP contribution in [-0.4, -0.2) is 29.3 Å². The van der Waals surface area contributed by atoms with Crippen molar-refractivity contribution in [3.63, 3.8) is 0 Å². The lowest BCUT2D eigenvalue weighted by atomic mass is 10.1. The van der Waals surface area contributed by atoms with E-state index in [9.17, 15) is 14.9 Å². The number of nitrogens with two attached hydrogens (primary N) is 1. The summed E-state index contributed by atoms with van der Waals surface area (Å²) in [6.07, 6.45) is 1.86. The van der Waals surface area contributed by atoms with Crippen molar-refractivity contribution in [2.75, 3.05) is 19.3 Å². The van der Waals surface area contributed by atoms with Crippen LogP contribution in [0.25, 0.3) is 0 Å². The fraction of sp³-hybridized carbons (Fsp3) is 0.417. The maximum absolute atomic E-state index is 12.1. The number of anilines is 1. The summed E-state index contributed by atoms with van der Waals surface area (Å²) in [5, 5.41) is 10.7. The van der Waals surface area contributed by atoms with Crippen LogP contribution in [0.15, 0.2) is 18.2 Å². The lowest BCUT2D eigenvalue weighted by molar-refractivity contribution is -0.384. The first-order valence-electron chi connectivity index (χ1n) is 5.76. The second-order valence-corrected chi connectivity index (χ2v) is 4.11. The molecule has 0 atom stereocenters. The number of carbonyl (C=O) groups is 1. The number of amides is 1. The number of non-ortho nitro benzene ring substituents is 1. The molecule has 18 heavy (non-hydrogen) atoms. The predicted octanol–water partition coefficient (Wildman–Crippen LogP) is 2.05. The van der Waals surface area contributed by atoms with Crippen LogP contribution >= 0.6 is 0 Å². The maximum atomic E-state index is 12.1. The molecular formula is C12H17N3O3. The summed E-state index contributed by atoms with van der Waals surface area (Å²) in [5.41, 5.74) is 6.00. The largest absolute Gasteiger partial charge is 0.398 e. The quantitative estimate of drug-likeness (QED) is 0.492. The van der Waals surface area contributed by atoms with Crippen LogP contribution in [0.2, 0.25) is 0 Å². The van der Waals surface area contributed by atoms with E-state index in [0.717, 1.165) is 12.8 Å². The molecule has 0 aliphatic carbocycles. The van der Waals surface area contributed by atoms with Gasteiger partial charge in [0, 0.05) is 31.4 Å². The zero-order valence-electron chi connectivity index (χ0n) is 10.5. The van der Waals surface area contributed by atoms with E-state index in [1.807, 2.05) is 6.92 Å². The molecule has 0 saturated heterocycles. The zero-order valence-corrected chi connectivity index (χ0v) is 10.5. The Morgan fingerprint density at radius 1 is 1.50 bits per heavy atom. The van der Waals surface area contributed by atoms with Crippen LogP contribution in [0, 0.1) is 10.1 Å². The van der Waals surface area contributed by atoms with Crippen LogP contribution in [0.1, 0.15) is 30.1 Å². The molecule has 0 aromatic heterocycles. The molecule has 0 saturated carbocycles. The Morgan fingerprint density at radius 3 is 2.72 bits per heavy atom. The summed E-state index contributed by atoms with van der Waals surface area (Å²) in [4.78, 5) is 23.7. The van der Waals surface area contributed by atoms with Crippen molar-refractivity contribution in [1.29, 1.82) is 0 Å². The summed E-state index contributed by atoms with van der Waals surface area (Å²) in [7, 11) is 1.66. The van der Waals surface area contributed by atoms with Crippen molar-refractivity contribution in [3.8, 4) is 0 Å². The summed E-state index contributed by atoms with van der Waals surface area (Å²) in [6.45, 7) is 2.64. The smallest absolute Gasteiger partial charge is 0.270 e. The molecule has 0 spiro atoms.